The third-order valence-electron chi connectivity index (χ3n) is 10.1. The minimum Gasteiger partial charge on any atom is -0.516 e. The predicted octanol–water partition coefficient (Wildman–Crippen LogP) is 6.12. The summed E-state index contributed by atoms with van der Waals surface area (Å²) < 4.78 is 5.73. The van der Waals surface area contributed by atoms with Gasteiger partial charge in [-0.05, 0) is 104 Å². The zero-order chi connectivity index (χ0) is 17.9. The van der Waals surface area contributed by atoms with Crippen molar-refractivity contribution >= 4 is 0 Å². The molecular formula is C23H38O2. The second-order valence-electron chi connectivity index (χ2n) is 10.5. The number of hydrogen-bond donors (Lipinski definition) is 1. The monoisotopic (exact) mass is 346 g/mol. The fraction of sp³-hybridized carbons (Fsp3) is 0.913. The molecule has 4 saturated carbocycles. The Morgan fingerprint density at radius 2 is 1.68 bits per heavy atom. The van der Waals surface area contributed by atoms with E-state index in [0.717, 1.165) is 23.7 Å². The van der Waals surface area contributed by atoms with E-state index >= 15 is 0 Å². The average molecular weight is 347 g/mol. The van der Waals surface area contributed by atoms with Crippen molar-refractivity contribution in [3.63, 3.8) is 0 Å². The molecule has 4 aliphatic rings. The van der Waals surface area contributed by atoms with E-state index in [1.54, 1.807) is 0 Å². The van der Waals surface area contributed by atoms with Crippen LogP contribution in [0.5, 0.6) is 0 Å². The van der Waals surface area contributed by atoms with E-state index in [9.17, 15) is 5.11 Å². The third kappa shape index (κ3) is 2.38. The molecule has 1 unspecified atom stereocenters. The minimum absolute atomic E-state index is 0.183. The van der Waals surface area contributed by atoms with Crippen LogP contribution in [-0.4, -0.2) is 18.3 Å². The SMILES string of the molecule is CO[C@H]1CC[C@@]2(C)C(CC[C@@H]3[C@@H]2CC[C@@]2(C)[C@H]3CC[C@]2(C)C=CO)C1. The maximum Gasteiger partial charge on any atom is 0.0757 e. The molecule has 0 saturated heterocycles. The first-order chi connectivity index (χ1) is 11.9. The molecule has 0 heterocycles. The molecule has 0 aromatic rings. The highest BCUT2D eigenvalue weighted by Gasteiger charge is 2.62. The van der Waals surface area contributed by atoms with Crippen LogP contribution in [0.15, 0.2) is 12.3 Å². The van der Waals surface area contributed by atoms with Crippen LogP contribution in [0.4, 0.5) is 0 Å². The molecule has 142 valence electrons. The van der Waals surface area contributed by atoms with Crippen molar-refractivity contribution in [1.82, 2.24) is 0 Å². The zero-order valence-electron chi connectivity index (χ0n) is 16.8. The number of aliphatic hydroxyl groups is 1. The third-order valence-corrected chi connectivity index (χ3v) is 10.1. The van der Waals surface area contributed by atoms with Gasteiger partial charge in [0.15, 0.2) is 0 Å². The summed E-state index contributed by atoms with van der Waals surface area (Å²) in [6.45, 7) is 7.57. The molecule has 0 aromatic heterocycles. The van der Waals surface area contributed by atoms with Crippen LogP contribution in [0.1, 0.15) is 78.6 Å². The summed E-state index contributed by atoms with van der Waals surface area (Å²) in [5.41, 5.74) is 1.11. The van der Waals surface area contributed by atoms with Crippen molar-refractivity contribution < 1.29 is 9.84 Å². The average Bonchev–Trinajstić information content (AvgIpc) is 2.86. The van der Waals surface area contributed by atoms with Gasteiger partial charge in [0.25, 0.3) is 0 Å². The van der Waals surface area contributed by atoms with Gasteiger partial charge >= 0.3 is 0 Å². The Kier molecular flexibility index (Phi) is 4.30. The van der Waals surface area contributed by atoms with Gasteiger partial charge in [0, 0.05) is 7.11 Å². The summed E-state index contributed by atoms with van der Waals surface area (Å²) in [6, 6.07) is 0. The quantitative estimate of drug-likeness (QED) is 0.610. The molecule has 25 heavy (non-hydrogen) atoms. The number of fused-ring (bicyclic) bond motifs is 5. The molecule has 2 nitrogen and oxygen atoms in total. The van der Waals surface area contributed by atoms with Crippen LogP contribution in [0, 0.1) is 39.9 Å². The highest BCUT2D eigenvalue weighted by Crippen LogP contribution is 2.70. The number of methoxy groups -OCH3 is 1. The van der Waals surface area contributed by atoms with Crippen molar-refractivity contribution in [2.24, 2.45) is 39.9 Å². The molecule has 2 heteroatoms. The molecule has 4 aliphatic carbocycles. The lowest BCUT2D eigenvalue weighted by Gasteiger charge is -2.62. The smallest absolute Gasteiger partial charge is 0.0757 e. The van der Waals surface area contributed by atoms with Crippen LogP contribution in [0.25, 0.3) is 0 Å². The Morgan fingerprint density at radius 1 is 0.920 bits per heavy atom. The van der Waals surface area contributed by atoms with E-state index in [1.165, 1.54) is 64.0 Å². The van der Waals surface area contributed by atoms with E-state index < -0.39 is 0 Å². The highest BCUT2D eigenvalue weighted by atomic mass is 16.5. The van der Waals surface area contributed by atoms with Crippen molar-refractivity contribution in [2.75, 3.05) is 7.11 Å². The van der Waals surface area contributed by atoms with Gasteiger partial charge in [-0.25, -0.2) is 0 Å². The Bertz CT molecular complexity index is 542. The lowest BCUT2D eigenvalue weighted by molar-refractivity contribution is -0.135. The number of rotatable bonds is 2. The summed E-state index contributed by atoms with van der Waals surface area (Å²) in [5.74, 6) is 3.56. The van der Waals surface area contributed by atoms with Crippen LogP contribution in [-0.2, 0) is 4.74 Å². The molecule has 4 fully saturated rings. The van der Waals surface area contributed by atoms with Gasteiger partial charge in [0.1, 0.15) is 0 Å². The molecule has 0 aliphatic heterocycles. The van der Waals surface area contributed by atoms with Crippen molar-refractivity contribution in [1.29, 1.82) is 0 Å². The first-order valence-electron chi connectivity index (χ1n) is 10.7. The molecule has 0 radical (unpaired) electrons. The molecular weight excluding hydrogens is 308 g/mol. The predicted molar refractivity (Wildman–Crippen MR) is 102 cm³/mol. The standard InChI is InChI=1S/C23H38O2/c1-21(13-14-24)10-8-20-18-6-5-16-15-17(25-4)7-11-22(16,2)19(18)9-12-23(20,21)3/h13-14,16-20,24H,5-12,15H2,1-4H3/t16?,17-,18+,19-,20-,21+,22-,23-/m0/s1. The van der Waals surface area contributed by atoms with Crippen molar-refractivity contribution in [3.05, 3.63) is 12.3 Å². The summed E-state index contributed by atoms with van der Waals surface area (Å²) in [5, 5.41) is 9.48. The maximum atomic E-state index is 9.48. The van der Waals surface area contributed by atoms with Crippen LogP contribution in [0.2, 0.25) is 0 Å². The van der Waals surface area contributed by atoms with E-state index in [0.29, 0.717) is 16.9 Å². The van der Waals surface area contributed by atoms with Gasteiger partial charge in [-0.1, -0.05) is 20.8 Å². The second-order valence-corrected chi connectivity index (χ2v) is 10.5. The molecule has 1 N–H and O–H groups in total. The summed E-state index contributed by atoms with van der Waals surface area (Å²) in [4.78, 5) is 0. The lowest BCUT2D eigenvalue weighted by Crippen LogP contribution is -2.54. The Balaban J connectivity index is 1.60. The highest BCUT2D eigenvalue weighted by molar-refractivity contribution is 5.16. The minimum atomic E-state index is 0.183. The van der Waals surface area contributed by atoms with E-state index in [-0.39, 0.29) is 5.41 Å². The normalized spacial score (nSPS) is 55.6. The largest absolute Gasteiger partial charge is 0.516 e. The zero-order valence-corrected chi connectivity index (χ0v) is 16.8. The topological polar surface area (TPSA) is 29.5 Å². The molecule has 0 aromatic carbocycles. The van der Waals surface area contributed by atoms with Crippen LogP contribution in [0.3, 0.4) is 0 Å². The number of hydrogen-bond acceptors (Lipinski definition) is 2. The number of ether oxygens (including phenoxy) is 1. The van der Waals surface area contributed by atoms with Gasteiger partial charge in [-0.15, -0.1) is 0 Å². The van der Waals surface area contributed by atoms with Gasteiger partial charge in [0.05, 0.1) is 12.4 Å². The Labute approximate surface area is 154 Å². The summed E-state index contributed by atoms with van der Waals surface area (Å²) >= 11 is 0. The fourth-order valence-electron chi connectivity index (χ4n) is 8.17. The van der Waals surface area contributed by atoms with E-state index in [1.807, 2.05) is 7.11 Å². The molecule has 0 bridgehead atoms. The Morgan fingerprint density at radius 3 is 2.40 bits per heavy atom. The van der Waals surface area contributed by atoms with Gasteiger partial charge in [0.2, 0.25) is 0 Å². The van der Waals surface area contributed by atoms with E-state index in [2.05, 4.69) is 26.8 Å². The van der Waals surface area contributed by atoms with Crippen LogP contribution < -0.4 is 0 Å². The first kappa shape index (κ1) is 17.9. The van der Waals surface area contributed by atoms with Crippen molar-refractivity contribution in [2.45, 2.75) is 84.7 Å². The second kappa shape index (κ2) is 6.01. The van der Waals surface area contributed by atoms with Crippen molar-refractivity contribution in [3.8, 4) is 0 Å². The molecule has 0 amide bonds. The van der Waals surface area contributed by atoms with Crippen LogP contribution >= 0.6 is 0 Å². The lowest BCUT2D eigenvalue weighted by atomic mass is 9.43. The van der Waals surface area contributed by atoms with Gasteiger partial charge in [-0.2, -0.15) is 0 Å². The molecule has 4 rings (SSSR count). The van der Waals surface area contributed by atoms with Gasteiger partial charge < -0.3 is 9.84 Å². The summed E-state index contributed by atoms with van der Waals surface area (Å²) in [7, 11) is 1.90. The van der Waals surface area contributed by atoms with E-state index in [4.69, 9.17) is 4.74 Å². The molecule has 8 atom stereocenters. The molecule has 0 spiro atoms. The number of aliphatic hydroxyl groups excluding tert-OH is 1. The summed E-state index contributed by atoms with van der Waals surface area (Å²) in [6.07, 6.45) is 16.1. The van der Waals surface area contributed by atoms with Gasteiger partial charge in [-0.3, -0.25) is 0 Å². The maximum absolute atomic E-state index is 9.48. The first-order valence-corrected chi connectivity index (χ1v) is 10.7. The number of allylic oxidation sites excluding steroid dienone is 1. The Hall–Kier alpha value is -0.500. The fourth-order valence-corrected chi connectivity index (χ4v) is 8.17.